The number of hydrogen-bond donors (Lipinski definition) is 2. The number of carboxylic acid groups (broad SMARTS) is 1. The minimum Gasteiger partial charge on any atom is -0.481 e. The monoisotopic (exact) mass is 295 g/mol. The van der Waals surface area contributed by atoms with Gasteiger partial charge in [-0.1, -0.05) is 0 Å². The van der Waals surface area contributed by atoms with Crippen LogP contribution in [0.3, 0.4) is 0 Å². The molecule has 1 aromatic heterocycles. The van der Waals surface area contributed by atoms with Crippen LogP contribution in [0.2, 0.25) is 0 Å². The highest BCUT2D eigenvalue weighted by Gasteiger charge is 2.29. The van der Waals surface area contributed by atoms with Gasteiger partial charge >= 0.3 is 5.97 Å². The Morgan fingerprint density at radius 3 is 2.95 bits per heavy atom. The van der Waals surface area contributed by atoms with E-state index in [-0.39, 0.29) is 24.7 Å². The van der Waals surface area contributed by atoms with Crippen LogP contribution in [-0.4, -0.2) is 55.8 Å². The molecular weight excluding hydrogens is 274 g/mol. The molecule has 2 atom stereocenters. The van der Waals surface area contributed by atoms with Crippen LogP contribution < -0.4 is 5.73 Å². The van der Waals surface area contributed by atoms with Gasteiger partial charge in [0.05, 0.1) is 6.04 Å². The molecule has 1 fully saturated rings. The number of aliphatic carboxylic acids is 1. The molecule has 2 heterocycles. The van der Waals surface area contributed by atoms with E-state index in [1.807, 2.05) is 11.6 Å². The van der Waals surface area contributed by atoms with Gasteiger partial charge in [-0.05, 0) is 19.3 Å². The zero-order chi connectivity index (χ0) is 15.4. The van der Waals surface area contributed by atoms with E-state index in [1.165, 1.54) is 0 Å². The van der Waals surface area contributed by atoms with Crippen molar-refractivity contribution in [3.63, 3.8) is 0 Å². The smallest absolute Gasteiger partial charge is 0.303 e. The molecule has 21 heavy (non-hydrogen) atoms. The van der Waals surface area contributed by atoms with E-state index in [2.05, 4.69) is 10.2 Å². The average Bonchev–Trinajstić information content (AvgIpc) is 2.90. The van der Waals surface area contributed by atoms with Crippen LogP contribution >= 0.6 is 0 Å². The predicted octanol–water partition coefficient (Wildman–Crippen LogP) is -0.287. The van der Waals surface area contributed by atoms with Gasteiger partial charge in [0.1, 0.15) is 12.2 Å². The maximum Gasteiger partial charge on any atom is 0.303 e. The van der Waals surface area contributed by atoms with Crippen molar-refractivity contribution < 1.29 is 14.7 Å². The van der Waals surface area contributed by atoms with Gasteiger partial charge in [0.15, 0.2) is 0 Å². The van der Waals surface area contributed by atoms with E-state index >= 15 is 0 Å². The van der Waals surface area contributed by atoms with Crippen LogP contribution in [-0.2, 0) is 16.6 Å². The molecule has 1 saturated heterocycles. The largest absolute Gasteiger partial charge is 0.481 e. The van der Waals surface area contributed by atoms with E-state index in [1.54, 1.807) is 11.2 Å². The molecule has 3 N–H and O–H groups in total. The first-order valence-electron chi connectivity index (χ1n) is 7.09. The number of carbonyl (C=O) groups is 2. The number of aromatic nitrogens is 3. The van der Waals surface area contributed by atoms with Crippen molar-refractivity contribution in [3.05, 3.63) is 12.2 Å². The predicted molar refractivity (Wildman–Crippen MR) is 74.4 cm³/mol. The summed E-state index contributed by atoms with van der Waals surface area (Å²) in [5.41, 5.74) is 5.80. The van der Waals surface area contributed by atoms with Crippen molar-refractivity contribution in [1.29, 1.82) is 0 Å². The van der Waals surface area contributed by atoms with Crippen LogP contribution in [0, 0.1) is 0 Å². The fourth-order valence-corrected chi connectivity index (χ4v) is 2.69. The average molecular weight is 295 g/mol. The Kier molecular flexibility index (Phi) is 4.89. The van der Waals surface area contributed by atoms with Crippen LogP contribution in [0.4, 0.5) is 0 Å². The third-order valence-corrected chi connectivity index (χ3v) is 3.83. The highest BCUT2D eigenvalue weighted by molar-refractivity contribution is 5.82. The molecule has 8 heteroatoms. The Bertz CT molecular complexity index is 516. The van der Waals surface area contributed by atoms with Gasteiger partial charge in [0.25, 0.3) is 0 Å². The summed E-state index contributed by atoms with van der Waals surface area (Å²) in [6, 6.07) is -0.751. The van der Waals surface area contributed by atoms with Crippen molar-refractivity contribution in [2.45, 2.75) is 37.6 Å². The number of carboxylic acids is 1. The molecule has 0 bridgehead atoms. The van der Waals surface area contributed by atoms with Gasteiger partial charge in [-0.15, -0.1) is 10.2 Å². The molecule has 8 nitrogen and oxygen atoms in total. The third kappa shape index (κ3) is 3.78. The first-order chi connectivity index (χ1) is 9.99. The Balaban J connectivity index is 1.95. The highest BCUT2D eigenvalue weighted by atomic mass is 16.4. The van der Waals surface area contributed by atoms with E-state index in [9.17, 15) is 9.59 Å². The fraction of sp³-hybridized carbons (Fsp3) is 0.692. The number of hydrogen-bond acceptors (Lipinski definition) is 5. The third-order valence-electron chi connectivity index (χ3n) is 3.83. The van der Waals surface area contributed by atoms with E-state index in [0.29, 0.717) is 13.1 Å². The maximum absolute atomic E-state index is 12.3. The minimum atomic E-state index is -0.936. The standard InChI is InChI=1S/C13H21N5O3/c1-17-8-15-16-12(17)9-3-2-6-18(7-9)13(21)10(14)4-5-11(19)20/h8-10H,2-7,14H2,1H3,(H,19,20). The van der Waals surface area contributed by atoms with Crippen LogP contribution in [0.15, 0.2) is 6.33 Å². The number of amides is 1. The molecular formula is C13H21N5O3. The molecule has 116 valence electrons. The second kappa shape index (κ2) is 6.66. The summed E-state index contributed by atoms with van der Waals surface area (Å²) >= 11 is 0. The van der Waals surface area contributed by atoms with Crippen molar-refractivity contribution in [1.82, 2.24) is 19.7 Å². The van der Waals surface area contributed by atoms with E-state index in [4.69, 9.17) is 10.8 Å². The number of nitrogens with two attached hydrogens (primary N) is 1. The van der Waals surface area contributed by atoms with Crippen LogP contribution in [0.1, 0.15) is 37.4 Å². The number of likely N-dealkylation sites (tertiary alicyclic amines) is 1. The molecule has 0 aromatic carbocycles. The van der Waals surface area contributed by atoms with Gasteiger partial charge < -0.3 is 20.3 Å². The van der Waals surface area contributed by atoms with Gasteiger partial charge in [0.2, 0.25) is 5.91 Å². The van der Waals surface area contributed by atoms with Crippen molar-refractivity contribution in [2.24, 2.45) is 12.8 Å². The zero-order valence-electron chi connectivity index (χ0n) is 12.1. The first-order valence-corrected chi connectivity index (χ1v) is 7.09. The van der Waals surface area contributed by atoms with Crippen LogP contribution in [0.5, 0.6) is 0 Å². The molecule has 1 aromatic rings. The minimum absolute atomic E-state index is 0.0898. The zero-order valence-corrected chi connectivity index (χ0v) is 12.1. The molecule has 1 aliphatic rings. The van der Waals surface area contributed by atoms with Crippen molar-refractivity contribution >= 4 is 11.9 Å². The second-order valence-corrected chi connectivity index (χ2v) is 5.46. The second-order valence-electron chi connectivity index (χ2n) is 5.46. The number of nitrogens with zero attached hydrogens (tertiary/aromatic N) is 4. The summed E-state index contributed by atoms with van der Waals surface area (Å²) < 4.78 is 1.86. The summed E-state index contributed by atoms with van der Waals surface area (Å²) in [5, 5.41) is 16.6. The van der Waals surface area contributed by atoms with Crippen molar-refractivity contribution in [2.75, 3.05) is 13.1 Å². The summed E-state index contributed by atoms with van der Waals surface area (Å²) in [6.07, 6.45) is 3.57. The van der Waals surface area contributed by atoms with Crippen molar-refractivity contribution in [3.8, 4) is 0 Å². The quantitative estimate of drug-likeness (QED) is 0.771. The van der Waals surface area contributed by atoms with Gasteiger partial charge in [-0.2, -0.15) is 0 Å². The number of carbonyl (C=O) groups excluding carboxylic acids is 1. The molecule has 2 rings (SSSR count). The Hall–Kier alpha value is -1.96. The molecule has 1 aliphatic heterocycles. The summed E-state index contributed by atoms with van der Waals surface area (Å²) in [5.74, 6) is -0.0922. The summed E-state index contributed by atoms with van der Waals surface area (Å²) in [7, 11) is 1.88. The molecule has 2 unspecified atom stereocenters. The lowest BCUT2D eigenvalue weighted by atomic mass is 9.96. The van der Waals surface area contributed by atoms with E-state index in [0.717, 1.165) is 18.7 Å². The number of rotatable bonds is 5. The van der Waals surface area contributed by atoms with E-state index < -0.39 is 12.0 Å². The van der Waals surface area contributed by atoms with Gasteiger partial charge in [0, 0.05) is 32.5 Å². The number of aryl methyl sites for hydroxylation is 1. The lowest BCUT2D eigenvalue weighted by Crippen LogP contribution is -2.48. The fourth-order valence-electron chi connectivity index (χ4n) is 2.69. The molecule has 0 spiro atoms. The molecule has 0 aliphatic carbocycles. The SMILES string of the molecule is Cn1cnnc1C1CCCN(C(=O)C(N)CCC(=O)O)C1. The lowest BCUT2D eigenvalue weighted by molar-refractivity contribution is -0.138. The number of piperidine rings is 1. The maximum atomic E-state index is 12.3. The molecule has 0 saturated carbocycles. The van der Waals surface area contributed by atoms with Gasteiger partial charge in [-0.3, -0.25) is 9.59 Å². The first kappa shape index (κ1) is 15.4. The summed E-state index contributed by atoms with van der Waals surface area (Å²) in [6.45, 7) is 1.22. The summed E-state index contributed by atoms with van der Waals surface area (Å²) in [4.78, 5) is 24.5. The van der Waals surface area contributed by atoms with Crippen LogP contribution in [0.25, 0.3) is 0 Å². The van der Waals surface area contributed by atoms with Gasteiger partial charge in [-0.25, -0.2) is 0 Å². The Morgan fingerprint density at radius 2 is 2.33 bits per heavy atom. The normalized spacial score (nSPS) is 20.3. The molecule has 0 radical (unpaired) electrons. The molecule has 1 amide bonds. The Morgan fingerprint density at radius 1 is 1.57 bits per heavy atom. The lowest BCUT2D eigenvalue weighted by Gasteiger charge is -2.33. The Labute approximate surface area is 122 Å². The topological polar surface area (TPSA) is 114 Å². The highest BCUT2D eigenvalue weighted by Crippen LogP contribution is 2.25.